The topological polar surface area (TPSA) is 37.4 Å². The molecule has 1 fully saturated rings. The zero-order valence-corrected chi connectivity index (χ0v) is 11.1. The largest absolute Gasteiger partial charge is 0.275 e. The van der Waals surface area contributed by atoms with Gasteiger partial charge in [0.05, 0.1) is 6.04 Å². The predicted octanol–water partition coefficient (Wildman–Crippen LogP) is 3.02. The molecule has 1 aromatic carbocycles. The summed E-state index contributed by atoms with van der Waals surface area (Å²) >= 11 is 0. The molecule has 3 nitrogen and oxygen atoms in total. The van der Waals surface area contributed by atoms with Crippen molar-refractivity contribution in [2.45, 2.75) is 45.6 Å². The fourth-order valence-electron chi connectivity index (χ4n) is 2.50. The molecule has 1 aromatic rings. The Morgan fingerprint density at radius 2 is 1.89 bits per heavy atom. The van der Waals surface area contributed by atoms with Crippen LogP contribution in [-0.4, -0.2) is 16.7 Å². The second-order valence-corrected chi connectivity index (χ2v) is 5.16. The molecule has 1 unspecified atom stereocenters. The Morgan fingerprint density at radius 3 is 2.39 bits per heavy atom. The lowest BCUT2D eigenvalue weighted by atomic mass is 9.98. The number of benzene rings is 1. The first-order valence-corrected chi connectivity index (χ1v) is 6.43. The third kappa shape index (κ3) is 2.30. The SMILES string of the molecule is CC(=O)N1C(=O)CCC1c1ccc(C(C)C)cc1. The summed E-state index contributed by atoms with van der Waals surface area (Å²) in [4.78, 5) is 24.6. The van der Waals surface area contributed by atoms with Crippen LogP contribution in [0.3, 0.4) is 0 Å². The number of amides is 2. The molecule has 0 N–H and O–H groups in total. The van der Waals surface area contributed by atoms with Crippen LogP contribution in [0.15, 0.2) is 24.3 Å². The maximum absolute atomic E-state index is 11.7. The van der Waals surface area contributed by atoms with E-state index >= 15 is 0 Å². The molecule has 1 atom stereocenters. The third-order valence-corrected chi connectivity index (χ3v) is 3.54. The van der Waals surface area contributed by atoms with E-state index in [1.807, 2.05) is 12.1 Å². The predicted molar refractivity (Wildman–Crippen MR) is 70.0 cm³/mol. The van der Waals surface area contributed by atoms with Gasteiger partial charge in [-0.1, -0.05) is 38.1 Å². The van der Waals surface area contributed by atoms with Crippen molar-refractivity contribution < 1.29 is 9.59 Å². The van der Waals surface area contributed by atoms with Gasteiger partial charge in [0.25, 0.3) is 0 Å². The Morgan fingerprint density at radius 1 is 1.28 bits per heavy atom. The van der Waals surface area contributed by atoms with Crippen LogP contribution in [0.4, 0.5) is 0 Å². The first kappa shape index (κ1) is 12.8. The minimum Gasteiger partial charge on any atom is -0.275 e. The monoisotopic (exact) mass is 245 g/mol. The quantitative estimate of drug-likeness (QED) is 0.803. The van der Waals surface area contributed by atoms with Crippen LogP contribution < -0.4 is 0 Å². The summed E-state index contributed by atoms with van der Waals surface area (Å²) in [7, 11) is 0. The molecule has 0 aliphatic carbocycles. The number of carbonyl (C=O) groups excluding carboxylic acids is 2. The molecule has 18 heavy (non-hydrogen) atoms. The summed E-state index contributed by atoms with van der Waals surface area (Å²) in [5.74, 6) is 0.282. The molecule has 0 aromatic heterocycles. The van der Waals surface area contributed by atoms with Crippen molar-refractivity contribution in [2.24, 2.45) is 0 Å². The minimum atomic E-state index is -0.157. The van der Waals surface area contributed by atoms with Crippen molar-refractivity contribution >= 4 is 11.8 Å². The van der Waals surface area contributed by atoms with Crippen molar-refractivity contribution in [3.63, 3.8) is 0 Å². The molecular formula is C15H19NO2. The molecule has 0 spiro atoms. The van der Waals surface area contributed by atoms with Crippen molar-refractivity contribution in [1.82, 2.24) is 4.90 Å². The number of imide groups is 1. The Labute approximate surface area is 108 Å². The van der Waals surface area contributed by atoms with Crippen LogP contribution in [0.2, 0.25) is 0 Å². The van der Waals surface area contributed by atoms with E-state index in [4.69, 9.17) is 0 Å². The standard InChI is InChI=1S/C15H19NO2/c1-10(2)12-4-6-13(7-5-12)14-8-9-15(18)16(14)11(3)17/h4-7,10,14H,8-9H2,1-3H3. The van der Waals surface area contributed by atoms with E-state index in [2.05, 4.69) is 26.0 Å². The highest BCUT2D eigenvalue weighted by Gasteiger charge is 2.34. The fraction of sp³-hybridized carbons (Fsp3) is 0.467. The molecule has 0 radical (unpaired) electrons. The number of rotatable bonds is 2. The van der Waals surface area contributed by atoms with Crippen molar-refractivity contribution in [3.05, 3.63) is 35.4 Å². The van der Waals surface area contributed by atoms with E-state index in [0.29, 0.717) is 12.3 Å². The van der Waals surface area contributed by atoms with E-state index in [1.54, 1.807) is 0 Å². The molecule has 96 valence electrons. The average molecular weight is 245 g/mol. The molecule has 0 bridgehead atoms. The highest BCUT2D eigenvalue weighted by molar-refractivity contribution is 5.96. The molecule has 2 amide bonds. The lowest BCUT2D eigenvalue weighted by Crippen LogP contribution is -2.32. The van der Waals surface area contributed by atoms with Crippen LogP contribution >= 0.6 is 0 Å². The molecule has 2 rings (SSSR count). The average Bonchev–Trinajstić information content (AvgIpc) is 2.71. The fourth-order valence-corrected chi connectivity index (χ4v) is 2.50. The maximum atomic E-state index is 11.7. The summed E-state index contributed by atoms with van der Waals surface area (Å²) < 4.78 is 0. The first-order chi connectivity index (χ1) is 8.50. The second kappa shape index (κ2) is 4.92. The number of hydrogen-bond acceptors (Lipinski definition) is 2. The Kier molecular flexibility index (Phi) is 3.50. The van der Waals surface area contributed by atoms with Gasteiger partial charge in [0.1, 0.15) is 0 Å². The van der Waals surface area contributed by atoms with Crippen LogP contribution in [0, 0.1) is 0 Å². The zero-order chi connectivity index (χ0) is 13.3. The summed E-state index contributed by atoms with van der Waals surface area (Å²) in [6.45, 7) is 5.75. The van der Waals surface area contributed by atoms with Gasteiger partial charge in [-0.25, -0.2) is 0 Å². The van der Waals surface area contributed by atoms with Gasteiger partial charge >= 0.3 is 0 Å². The Bertz CT molecular complexity index is 462. The molecular weight excluding hydrogens is 226 g/mol. The highest BCUT2D eigenvalue weighted by atomic mass is 16.2. The van der Waals surface area contributed by atoms with Gasteiger partial charge in [-0.15, -0.1) is 0 Å². The van der Waals surface area contributed by atoms with E-state index < -0.39 is 0 Å². The smallest absolute Gasteiger partial charge is 0.229 e. The van der Waals surface area contributed by atoms with Gasteiger partial charge in [-0.2, -0.15) is 0 Å². The molecule has 1 aliphatic rings. The Hall–Kier alpha value is -1.64. The normalized spacial score (nSPS) is 19.7. The van der Waals surface area contributed by atoms with E-state index in [9.17, 15) is 9.59 Å². The highest BCUT2D eigenvalue weighted by Crippen LogP contribution is 2.33. The number of nitrogens with zero attached hydrogens (tertiary/aromatic N) is 1. The summed E-state index contributed by atoms with van der Waals surface area (Å²) in [5.41, 5.74) is 2.33. The zero-order valence-electron chi connectivity index (χ0n) is 11.1. The van der Waals surface area contributed by atoms with Crippen LogP contribution in [0.1, 0.15) is 56.7 Å². The number of carbonyl (C=O) groups is 2. The maximum Gasteiger partial charge on any atom is 0.229 e. The van der Waals surface area contributed by atoms with E-state index in [-0.39, 0.29) is 17.9 Å². The molecule has 1 heterocycles. The molecule has 1 aliphatic heterocycles. The summed E-state index contributed by atoms with van der Waals surface area (Å²) in [6, 6.07) is 8.17. The van der Waals surface area contributed by atoms with Gasteiger partial charge in [0.2, 0.25) is 11.8 Å². The van der Waals surface area contributed by atoms with Crippen LogP contribution in [0.25, 0.3) is 0 Å². The van der Waals surface area contributed by atoms with Crippen molar-refractivity contribution in [2.75, 3.05) is 0 Å². The van der Waals surface area contributed by atoms with Gasteiger partial charge in [-0.05, 0) is 23.5 Å². The van der Waals surface area contributed by atoms with Gasteiger partial charge in [0.15, 0.2) is 0 Å². The van der Waals surface area contributed by atoms with Crippen LogP contribution in [0.5, 0.6) is 0 Å². The lowest BCUT2D eigenvalue weighted by Gasteiger charge is -2.22. The van der Waals surface area contributed by atoms with Gasteiger partial charge < -0.3 is 0 Å². The minimum absolute atomic E-state index is 0.0552. The summed E-state index contributed by atoms with van der Waals surface area (Å²) in [6.07, 6.45) is 1.20. The van der Waals surface area contributed by atoms with Gasteiger partial charge in [-0.3, -0.25) is 14.5 Å². The number of likely N-dealkylation sites (tertiary alicyclic amines) is 1. The molecule has 1 saturated heterocycles. The van der Waals surface area contributed by atoms with E-state index in [1.165, 1.54) is 17.4 Å². The van der Waals surface area contributed by atoms with Crippen molar-refractivity contribution in [3.8, 4) is 0 Å². The second-order valence-electron chi connectivity index (χ2n) is 5.16. The van der Waals surface area contributed by atoms with Crippen molar-refractivity contribution in [1.29, 1.82) is 0 Å². The van der Waals surface area contributed by atoms with Crippen LogP contribution in [-0.2, 0) is 9.59 Å². The summed E-state index contributed by atoms with van der Waals surface area (Å²) in [5, 5.41) is 0. The first-order valence-electron chi connectivity index (χ1n) is 6.43. The molecule has 3 heteroatoms. The lowest BCUT2D eigenvalue weighted by molar-refractivity contribution is -0.142. The Balaban J connectivity index is 2.26. The van der Waals surface area contributed by atoms with Gasteiger partial charge in [0, 0.05) is 13.3 Å². The molecule has 0 saturated carbocycles. The van der Waals surface area contributed by atoms with E-state index in [0.717, 1.165) is 12.0 Å². The third-order valence-electron chi connectivity index (χ3n) is 3.54. The number of hydrogen-bond donors (Lipinski definition) is 0.